The highest BCUT2D eigenvalue weighted by Crippen LogP contribution is 2.28. The highest BCUT2D eigenvalue weighted by Gasteiger charge is 2.52. The zero-order valence-corrected chi connectivity index (χ0v) is 13.0. The summed E-state index contributed by atoms with van der Waals surface area (Å²) in [7, 11) is 0. The average molecular weight is 340 g/mol. The molecule has 11 nitrogen and oxygen atoms in total. The molecular formula is C13H20N6O5. The lowest BCUT2D eigenvalue weighted by Gasteiger charge is -2.31. The van der Waals surface area contributed by atoms with Crippen molar-refractivity contribution in [1.29, 1.82) is 0 Å². The summed E-state index contributed by atoms with van der Waals surface area (Å²) in [5.74, 6) is -0.274. The van der Waals surface area contributed by atoms with Crippen LogP contribution >= 0.6 is 0 Å². The number of rotatable bonds is 4. The van der Waals surface area contributed by atoms with Crippen molar-refractivity contribution >= 4 is 23.8 Å². The van der Waals surface area contributed by atoms with Gasteiger partial charge in [-0.15, -0.1) is 0 Å². The van der Waals surface area contributed by atoms with Crippen molar-refractivity contribution in [2.45, 2.75) is 37.1 Å². The van der Waals surface area contributed by atoms with Gasteiger partial charge in [-0.2, -0.15) is 0 Å². The van der Waals surface area contributed by atoms with Crippen LogP contribution in [0.2, 0.25) is 0 Å². The van der Waals surface area contributed by atoms with Crippen LogP contribution in [0.3, 0.4) is 0 Å². The van der Waals surface area contributed by atoms with Crippen molar-refractivity contribution in [2.24, 2.45) is 20.7 Å². The lowest BCUT2D eigenvalue weighted by atomic mass is 10.0. The summed E-state index contributed by atoms with van der Waals surface area (Å²) in [6.07, 6.45) is -3.24. The van der Waals surface area contributed by atoms with E-state index < -0.39 is 42.7 Å². The zero-order chi connectivity index (χ0) is 17.5. The first kappa shape index (κ1) is 16.9. The number of carbonyl (C=O) groups excluding carboxylic acids is 1. The van der Waals surface area contributed by atoms with E-state index in [1.165, 1.54) is 4.90 Å². The smallest absolute Gasteiger partial charge is 0.269 e. The third-order valence-electron chi connectivity index (χ3n) is 4.18. The minimum absolute atomic E-state index is 0.0302. The van der Waals surface area contributed by atoms with Gasteiger partial charge in [0, 0.05) is 6.54 Å². The van der Waals surface area contributed by atoms with Crippen molar-refractivity contribution in [3.05, 3.63) is 0 Å². The van der Waals surface area contributed by atoms with Crippen LogP contribution in [0.4, 0.5) is 0 Å². The molecule has 132 valence electrons. The second-order valence-electron chi connectivity index (χ2n) is 5.67. The standard InChI is InChI=1S/C13H20N6O5/c1-2-15-12(23)13(14)9-10(16-4-18-13)19(5-17-9)11-8(22)7(21)6(3-20)24-11/h4,6-8,11,20-22H,2-3,5,14H2,1H3,(H,15,23)/t6-,7-,8-,11-,13?/m1/s1. The summed E-state index contributed by atoms with van der Waals surface area (Å²) in [5.41, 5.74) is 4.56. The normalized spacial score (nSPS) is 38.0. The molecule has 0 aromatic carbocycles. The zero-order valence-electron chi connectivity index (χ0n) is 13.0. The minimum Gasteiger partial charge on any atom is -0.394 e. The largest absolute Gasteiger partial charge is 0.394 e. The highest BCUT2D eigenvalue weighted by molar-refractivity contribution is 6.51. The molecule has 3 heterocycles. The fourth-order valence-electron chi connectivity index (χ4n) is 2.88. The number of aliphatic hydroxyl groups excluding tert-OH is 3. The molecule has 24 heavy (non-hydrogen) atoms. The van der Waals surface area contributed by atoms with E-state index in [9.17, 15) is 20.1 Å². The molecule has 1 fully saturated rings. The number of aliphatic hydroxyl groups is 3. The van der Waals surface area contributed by atoms with Crippen LogP contribution in [-0.4, -0.2) is 94.0 Å². The summed E-state index contributed by atoms with van der Waals surface area (Å²) < 4.78 is 5.48. The summed E-state index contributed by atoms with van der Waals surface area (Å²) >= 11 is 0. The van der Waals surface area contributed by atoms with Gasteiger partial charge in [0.05, 0.1) is 6.61 Å². The van der Waals surface area contributed by atoms with Gasteiger partial charge in [0.2, 0.25) is 5.66 Å². The molecule has 3 rings (SSSR count). The number of ether oxygens (including phenoxy) is 1. The van der Waals surface area contributed by atoms with E-state index in [4.69, 9.17) is 10.5 Å². The number of nitrogens with one attached hydrogen (secondary N) is 1. The van der Waals surface area contributed by atoms with Crippen molar-refractivity contribution in [2.75, 3.05) is 19.8 Å². The highest BCUT2D eigenvalue weighted by atomic mass is 16.6. The number of hydrogen-bond donors (Lipinski definition) is 5. The van der Waals surface area contributed by atoms with Crippen molar-refractivity contribution in [3.8, 4) is 0 Å². The molecule has 0 saturated carbocycles. The topological polar surface area (TPSA) is 165 Å². The first-order valence-electron chi connectivity index (χ1n) is 7.57. The van der Waals surface area contributed by atoms with E-state index >= 15 is 0 Å². The number of hydrogen-bond acceptors (Lipinski definition) is 10. The molecule has 3 aliphatic rings. The number of likely N-dealkylation sites (N-methyl/N-ethyl adjacent to an activating group) is 1. The van der Waals surface area contributed by atoms with Gasteiger partial charge >= 0.3 is 0 Å². The van der Waals surface area contributed by atoms with Gasteiger partial charge in [-0.3, -0.25) is 15.5 Å². The van der Waals surface area contributed by atoms with Crippen LogP contribution in [0.15, 0.2) is 15.0 Å². The lowest BCUT2D eigenvalue weighted by Crippen LogP contribution is -2.62. The predicted octanol–water partition coefficient (Wildman–Crippen LogP) is -3.63. The number of fused-ring (bicyclic) bond motifs is 1. The van der Waals surface area contributed by atoms with E-state index in [2.05, 4.69) is 20.3 Å². The monoisotopic (exact) mass is 340 g/mol. The Bertz CT molecular complexity index is 622. The van der Waals surface area contributed by atoms with Gasteiger partial charge < -0.3 is 30.3 Å². The minimum atomic E-state index is -1.71. The Labute approximate surface area is 137 Å². The average Bonchev–Trinajstić information content (AvgIpc) is 3.11. The van der Waals surface area contributed by atoms with Crippen LogP contribution in [0.25, 0.3) is 0 Å². The molecule has 11 heteroatoms. The van der Waals surface area contributed by atoms with E-state index in [0.29, 0.717) is 6.54 Å². The maximum Gasteiger partial charge on any atom is 0.269 e. The molecule has 0 aromatic heterocycles. The lowest BCUT2D eigenvalue weighted by molar-refractivity contribution is -0.123. The number of nitrogens with zero attached hydrogens (tertiary/aromatic N) is 4. The Morgan fingerprint density at radius 2 is 2.29 bits per heavy atom. The first-order valence-corrected chi connectivity index (χ1v) is 7.57. The number of amides is 1. The Balaban J connectivity index is 1.84. The number of aliphatic imine (C=N–C) groups is 3. The molecule has 0 radical (unpaired) electrons. The molecule has 5 atom stereocenters. The Hall–Kier alpha value is -1.92. The third kappa shape index (κ3) is 2.41. The Morgan fingerprint density at radius 1 is 1.54 bits per heavy atom. The fourth-order valence-corrected chi connectivity index (χ4v) is 2.88. The summed E-state index contributed by atoms with van der Waals surface area (Å²) in [4.78, 5) is 26.0. The van der Waals surface area contributed by atoms with Crippen molar-refractivity contribution in [3.63, 3.8) is 0 Å². The molecular weight excluding hydrogens is 320 g/mol. The van der Waals surface area contributed by atoms with E-state index in [1.54, 1.807) is 6.92 Å². The van der Waals surface area contributed by atoms with E-state index in [0.717, 1.165) is 6.34 Å². The van der Waals surface area contributed by atoms with Crippen LogP contribution in [0, 0.1) is 0 Å². The van der Waals surface area contributed by atoms with Gasteiger partial charge in [0.25, 0.3) is 5.91 Å². The number of amidine groups is 1. The van der Waals surface area contributed by atoms with Crippen LogP contribution in [-0.2, 0) is 9.53 Å². The number of nitrogens with two attached hydrogens (primary N) is 1. The molecule has 1 unspecified atom stereocenters. The fraction of sp³-hybridized carbons (Fsp3) is 0.692. The molecule has 1 saturated heterocycles. The Morgan fingerprint density at radius 3 is 2.92 bits per heavy atom. The summed E-state index contributed by atoms with van der Waals surface area (Å²) in [5, 5.41) is 31.8. The molecule has 0 aliphatic carbocycles. The van der Waals surface area contributed by atoms with Gasteiger partial charge in [0.15, 0.2) is 12.1 Å². The van der Waals surface area contributed by atoms with Gasteiger partial charge in [-0.05, 0) is 6.92 Å². The molecule has 0 bridgehead atoms. The van der Waals surface area contributed by atoms with Crippen LogP contribution in [0.5, 0.6) is 0 Å². The third-order valence-corrected chi connectivity index (χ3v) is 4.18. The molecule has 3 aliphatic heterocycles. The maximum absolute atomic E-state index is 12.2. The SMILES string of the molecule is CCNC(=O)C1(N)N=CN=C2C1=NCN2[C@@H]1O[C@H](CO)[C@@H](O)[C@H]1O. The van der Waals surface area contributed by atoms with Gasteiger partial charge in [-0.1, -0.05) is 0 Å². The van der Waals surface area contributed by atoms with Gasteiger partial charge in [-0.25, -0.2) is 9.98 Å². The van der Waals surface area contributed by atoms with E-state index in [1.807, 2.05) is 0 Å². The van der Waals surface area contributed by atoms with Crippen molar-refractivity contribution in [1.82, 2.24) is 10.2 Å². The number of carbonyl (C=O) groups is 1. The van der Waals surface area contributed by atoms with Gasteiger partial charge in [0.1, 0.15) is 37.0 Å². The van der Waals surface area contributed by atoms with E-state index in [-0.39, 0.29) is 18.2 Å². The quantitative estimate of drug-likeness (QED) is 0.352. The second kappa shape index (κ2) is 6.18. The maximum atomic E-state index is 12.2. The summed E-state index contributed by atoms with van der Waals surface area (Å²) in [6.45, 7) is 1.72. The van der Waals surface area contributed by atoms with Crippen molar-refractivity contribution < 1.29 is 24.9 Å². The summed E-state index contributed by atoms with van der Waals surface area (Å²) in [6, 6.07) is 0. The molecule has 6 N–H and O–H groups in total. The first-order chi connectivity index (χ1) is 11.4. The predicted molar refractivity (Wildman–Crippen MR) is 83.4 cm³/mol. The van der Waals surface area contributed by atoms with Crippen LogP contribution in [0.1, 0.15) is 6.92 Å². The van der Waals surface area contributed by atoms with Crippen LogP contribution < -0.4 is 11.1 Å². The molecule has 0 aromatic rings. The molecule has 0 spiro atoms. The Kier molecular flexibility index (Phi) is 4.36. The second-order valence-corrected chi connectivity index (χ2v) is 5.67. The molecule has 1 amide bonds.